The molecule has 0 atom stereocenters. The largest absolute Gasteiger partial charge is 0.465 e. The number of esters is 1. The SMILES string of the molecule is O=C(c1cnc2ccc(F)cc2c1N1CCC2(CCOC2=O)CC1)N1CCN(C(=O)C2CC2)CC1. The van der Waals surface area contributed by atoms with Gasteiger partial charge in [0.2, 0.25) is 5.91 Å². The average molecular weight is 481 g/mol. The Morgan fingerprint density at radius 2 is 1.71 bits per heavy atom. The molecule has 0 bridgehead atoms. The van der Waals surface area contributed by atoms with Gasteiger partial charge in [0.1, 0.15) is 5.82 Å². The number of amides is 2. The Kier molecular flexibility index (Phi) is 5.38. The number of cyclic esters (lactones) is 1. The fraction of sp³-hybridized carbons (Fsp3) is 0.538. The molecule has 3 saturated heterocycles. The van der Waals surface area contributed by atoms with Crippen LogP contribution in [0.4, 0.5) is 10.1 Å². The molecule has 1 aromatic heterocycles. The van der Waals surface area contributed by atoms with Crippen molar-refractivity contribution in [3.8, 4) is 0 Å². The third-order valence-corrected chi connectivity index (χ3v) is 8.12. The molecule has 4 heterocycles. The number of piperidine rings is 1. The molecule has 184 valence electrons. The van der Waals surface area contributed by atoms with Crippen molar-refractivity contribution in [2.75, 3.05) is 50.8 Å². The number of hydrogen-bond acceptors (Lipinski definition) is 6. The number of nitrogens with zero attached hydrogens (tertiary/aromatic N) is 4. The van der Waals surface area contributed by atoms with Gasteiger partial charge in [-0.15, -0.1) is 0 Å². The lowest BCUT2D eigenvalue weighted by molar-refractivity contribution is -0.147. The first-order valence-electron chi connectivity index (χ1n) is 12.5. The first-order valence-corrected chi connectivity index (χ1v) is 12.5. The molecule has 2 aromatic rings. The minimum atomic E-state index is -0.445. The minimum Gasteiger partial charge on any atom is -0.465 e. The van der Waals surface area contributed by atoms with E-state index in [0.29, 0.717) is 80.9 Å². The lowest BCUT2D eigenvalue weighted by atomic mass is 9.77. The van der Waals surface area contributed by atoms with Crippen molar-refractivity contribution in [1.29, 1.82) is 0 Å². The summed E-state index contributed by atoms with van der Waals surface area (Å²) < 4.78 is 19.6. The number of halogens is 1. The number of carbonyl (C=O) groups excluding carboxylic acids is 3. The number of carbonyl (C=O) groups is 3. The van der Waals surface area contributed by atoms with Crippen LogP contribution in [0.2, 0.25) is 0 Å². The van der Waals surface area contributed by atoms with Crippen molar-refractivity contribution in [2.24, 2.45) is 11.3 Å². The maximum Gasteiger partial charge on any atom is 0.312 e. The van der Waals surface area contributed by atoms with E-state index in [1.807, 2.05) is 4.90 Å². The van der Waals surface area contributed by atoms with Gasteiger partial charge in [-0.25, -0.2) is 4.39 Å². The van der Waals surface area contributed by atoms with E-state index in [2.05, 4.69) is 9.88 Å². The van der Waals surface area contributed by atoms with Crippen molar-refractivity contribution in [2.45, 2.75) is 32.1 Å². The van der Waals surface area contributed by atoms with E-state index in [0.717, 1.165) is 19.3 Å². The van der Waals surface area contributed by atoms with Gasteiger partial charge < -0.3 is 19.4 Å². The van der Waals surface area contributed by atoms with Crippen LogP contribution in [0.1, 0.15) is 42.5 Å². The summed E-state index contributed by atoms with van der Waals surface area (Å²) in [5.41, 5.74) is 1.30. The lowest BCUT2D eigenvalue weighted by Gasteiger charge is -2.39. The van der Waals surface area contributed by atoms with E-state index in [1.165, 1.54) is 12.1 Å². The summed E-state index contributed by atoms with van der Waals surface area (Å²) in [6.45, 7) is 3.60. The zero-order valence-corrected chi connectivity index (χ0v) is 19.7. The second-order valence-corrected chi connectivity index (χ2v) is 10.2. The molecule has 8 nitrogen and oxygen atoms in total. The molecule has 0 unspecified atom stereocenters. The molecule has 9 heteroatoms. The van der Waals surface area contributed by atoms with Crippen LogP contribution in [0.15, 0.2) is 24.4 Å². The number of anilines is 1. The predicted octanol–water partition coefficient (Wildman–Crippen LogP) is 2.60. The smallest absolute Gasteiger partial charge is 0.312 e. The Morgan fingerprint density at radius 1 is 1.00 bits per heavy atom. The van der Waals surface area contributed by atoms with E-state index in [9.17, 15) is 18.8 Å². The lowest BCUT2D eigenvalue weighted by Crippen LogP contribution is -2.51. The van der Waals surface area contributed by atoms with Crippen LogP contribution in [-0.4, -0.2) is 78.4 Å². The third-order valence-electron chi connectivity index (χ3n) is 8.12. The number of benzene rings is 1. The van der Waals surface area contributed by atoms with E-state index in [-0.39, 0.29) is 29.5 Å². The van der Waals surface area contributed by atoms with Gasteiger partial charge >= 0.3 is 5.97 Å². The Hall–Kier alpha value is -3.23. The Morgan fingerprint density at radius 3 is 2.37 bits per heavy atom. The second kappa shape index (κ2) is 8.46. The fourth-order valence-corrected chi connectivity index (χ4v) is 5.74. The van der Waals surface area contributed by atoms with Crippen LogP contribution in [-0.2, 0) is 14.3 Å². The highest BCUT2D eigenvalue weighted by molar-refractivity contribution is 6.07. The highest BCUT2D eigenvalue weighted by atomic mass is 19.1. The van der Waals surface area contributed by atoms with Crippen LogP contribution < -0.4 is 4.90 Å². The summed E-state index contributed by atoms with van der Waals surface area (Å²) >= 11 is 0. The maximum atomic E-state index is 14.3. The van der Waals surface area contributed by atoms with Crippen molar-refractivity contribution in [3.05, 3.63) is 35.8 Å². The van der Waals surface area contributed by atoms with Gasteiger partial charge in [0, 0.05) is 56.8 Å². The first kappa shape index (κ1) is 22.2. The summed E-state index contributed by atoms with van der Waals surface area (Å²) in [5.74, 6) is -0.294. The van der Waals surface area contributed by atoms with E-state index in [1.54, 1.807) is 17.2 Å². The van der Waals surface area contributed by atoms with E-state index < -0.39 is 5.41 Å². The average Bonchev–Trinajstić information content (AvgIpc) is 3.68. The van der Waals surface area contributed by atoms with Gasteiger partial charge in [-0.3, -0.25) is 19.4 Å². The summed E-state index contributed by atoms with van der Waals surface area (Å²) in [6.07, 6.45) is 5.53. The van der Waals surface area contributed by atoms with Gasteiger partial charge in [0.15, 0.2) is 0 Å². The summed E-state index contributed by atoms with van der Waals surface area (Å²) in [6, 6.07) is 4.44. The molecule has 35 heavy (non-hydrogen) atoms. The maximum absolute atomic E-state index is 14.3. The van der Waals surface area contributed by atoms with Crippen LogP contribution in [0.25, 0.3) is 10.9 Å². The quantitative estimate of drug-likeness (QED) is 0.628. The Balaban J connectivity index is 1.28. The molecule has 3 aliphatic heterocycles. The molecule has 0 radical (unpaired) electrons. The molecule has 0 N–H and O–H groups in total. The van der Waals surface area contributed by atoms with Gasteiger partial charge in [0.25, 0.3) is 5.91 Å². The van der Waals surface area contributed by atoms with Crippen molar-refractivity contribution < 1.29 is 23.5 Å². The monoisotopic (exact) mass is 480 g/mol. The number of hydrogen-bond donors (Lipinski definition) is 0. The molecule has 2 amide bonds. The molecule has 1 aliphatic carbocycles. The van der Waals surface area contributed by atoms with Crippen molar-refractivity contribution in [1.82, 2.24) is 14.8 Å². The zero-order chi connectivity index (χ0) is 24.2. The molecule has 1 aromatic carbocycles. The molecule has 1 spiro atoms. The van der Waals surface area contributed by atoms with Crippen LogP contribution in [0.3, 0.4) is 0 Å². The summed E-state index contributed by atoms with van der Waals surface area (Å²) in [7, 11) is 0. The minimum absolute atomic E-state index is 0.127. The molecular weight excluding hydrogens is 451 g/mol. The van der Waals surface area contributed by atoms with Gasteiger partial charge in [-0.05, 0) is 50.3 Å². The Labute approximate surface area is 203 Å². The standard InChI is InChI=1S/C26H29FN4O4/c27-18-3-4-21-19(15-18)22(29-8-5-26(6-9-29)7-14-35-25(26)34)20(16-28-21)24(33)31-12-10-30(11-13-31)23(32)17-1-2-17/h3-4,15-17H,1-2,5-14H2. The van der Waals surface area contributed by atoms with Crippen LogP contribution in [0, 0.1) is 17.2 Å². The number of fused-ring (bicyclic) bond motifs is 1. The zero-order valence-electron chi connectivity index (χ0n) is 19.7. The fourth-order valence-electron chi connectivity index (χ4n) is 5.74. The molecular formula is C26H29FN4O4. The molecule has 1 saturated carbocycles. The Bertz CT molecular complexity index is 1200. The molecule has 4 fully saturated rings. The van der Waals surface area contributed by atoms with E-state index in [4.69, 9.17) is 4.74 Å². The first-order chi connectivity index (χ1) is 16.9. The summed E-state index contributed by atoms with van der Waals surface area (Å²) in [4.78, 5) is 48.7. The van der Waals surface area contributed by atoms with Gasteiger partial charge in [-0.2, -0.15) is 0 Å². The number of piperazine rings is 1. The third kappa shape index (κ3) is 3.90. The highest BCUT2D eigenvalue weighted by Gasteiger charge is 2.47. The topological polar surface area (TPSA) is 83.1 Å². The molecule has 4 aliphatic rings. The van der Waals surface area contributed by atoms with Gasteiger partial charge in [0.05, 0.1) is 28.8 Å². The van der Waals surface area contributed by atoms with Crippen LogP contribution in [0.5, 0.6) is 0 Å². The van der Waals surface area contributed by atoms with Gasteiger partial charge in [-0.1, -0.05) is 0 Å². The normalized spacial score (nSPS) is 22.1. The van der Waals surface area contributed by atoms with Crippen molar-refractivity contribution in [3.63, 3.8) is 0 Å². The number of rotatable bonds is 3. The summed E-state index contributed by atoms with van der Waals surface area (Å²) in [5, 5.41) is 0.600. The number of ether oxygens (including phenoxy) is 1. The second-order valence-electron chi connectivity index (χ2n) is 10.2. The number of pyridine rings is 1. The van der Waals surface area contributed by atoms with Crippen LogP contribution >= 0.6 is 0 Å². The van der Waals surface area contributed by atoms with Crippen molar-refractivity contribution >= 4 is 34.4 Å². The number of aromatic nitrogens is 1. The predicted molar refractivity (Wildman–Crippen MR) is 126 cm³/mol. The van der Waals surface area contributed by atoms with E-state index >= 15 is 0 Å². The molecule has 6 rings (SSSR count). The highest BCUT2D eigenvalue weighted by Crippen LogP contribution is 2.43.